The van der Waals surface area contributed by atoms with E-state index in [0.717, 1.165) is 12.5 Å². The molecule has 0 aliphatic heterocycles. The van der Waals surface area contributed by atoms with Crippen molar-refractivity contribution in [3.8, 4) is 0 Å². The van der Waals surface area contributed by atoms with Gasteiger partial charge in [0.2, 0.25) is 0 Å². The summed E-state index contributed by atoms with van der Waals surface area (Å²) in [6.07, 6.45) is 10.7. The Morgan fingerprint density at radius 3 is 3.00 bits per heavy atom. The highest BCUT2D eigenvalue weighted by Crippen LogP contribution is 2.20. The van der Waals surface area contributed by atoms with Gasteiger partial charge in [-0.05, 0) is 32.1 Å². The van der Waals surface area contributed by atoms with Gasteiger partial charge in [-0.3, -0.25) is 0 Å². The molecule has 0 aromatic carbocycles. The van der Waals surface area contributed by atoms with E-state index in [9.17, 15) is 0 Å². The second-order valence-corrected chi connectivity index (χ2v) is 3.49. The predicted octanol–water partition coefficient (Wildman–Crippen LogP) is 2.94. The smallest absolute Gasteiger partial charge is 0.0670 e. The summed E-state index contributed by atoms with van der Waals surface area (Å²) >= 11 is 0. The number of methoxy groups -OCH3 is 1. The van der Waals surface area contributed by atoms with E-state index in [1.807, 2.05) is 0 Å². The van der Waals surface area contributed by atoms with Gasteiger partial charge in [0, 0.05) is 7.11 Å². The zero-order valence-electron chi connectivity index (χ0n) is 8.05. The van der Waals surface area contributed by atoms with Crippen LogP contribution in [0, 0.1) is 5.92 Å². The highest BCUT2D eigenvalue weighted by molar-refractivity contribution is 5.05. The summed E-state index contributed by atoms with van der Waals surface area (Å²) in [5.41, 5.74) is 1.36. The van der Waals surface area contributed by atoms with E-state index in [1.165, 1.54) is 24.8 Å². The third-order valence-electron chi connectivity index (χ3n) is 2.20. The van der Waals surface area contributed by atoms with Crippen LogP contribution in [0.5, 0.6) is 0 Å². The molecule has 0 heterocycles. The molecular weight excluding hydrogens is 148 g/mol. The standard InChI is InChI=1S/C11H18O/c1-10(9-12-2)8-11-6-4-3-5-7-11/h3-4,8,11H,5-7,9H2,1-2H3. The van der Waals surface area contributed by atoms with Crippen molar-refractivity contribution in [2.24, 2.45) is 5.92 Å². The Balaban J connectivity index is 2.37. The summed E-state index contributed by atoms with van der Waals surface area (Å²) in [4.78, 5) is 0. The quantitative estimate of drug-likeness (QED) is 0.586. The van der Waals surface area contributed by atoms with E-state index in [-0.39, 0.29) is 0 Å². The van der Waals surface area contributed by atoms with Crippen LogP contribution in [-0.2, 0) is 4.74 Å². The molecule has 68 valence electrons. The zero-order valence-corrected chi connectivity index (χ0v) is 8.05. The lowest BCUT2D eigenvalue weighted by molar-refractivity contribution is 0.225. The molecule has 1 heteroatoms. The molecule has 0 bridgehead atoms. The van der Waals surface area contributed by atoms with Gasteiger partial charge in [0.1, 0.15) is 0 Å². The van der Waals surface area contributed by atoms with Crippen molar-refractivity contribution in [1.29, 1.82) is 0 Å². The maximum Gasteiger partial charge on any atom is 0.0670 e. The summed E-state index contributed by atoms with van der Waals surface area (Å²) < 4.78 is 5.06. The maximum atomic E-state index is 5.06. The van der Waals surface area contributed by atoms with E-state index in [1.54, 1.807) is 7.11 Å². The summed E-state index contributed by atoms with van der Waals surface area (Å²) in [7, 11) is 1.75. The van der Waals surface area contributed by atoms with Crippen molar-refractivity contribution in [1.82, 2.24) is 0 Å². The summed E-state index contributed by atoms with van der Waals surface area (Å²) in [6, 6.07) is 0. The van der Waals surface area contributed by atoms with Gasteiger partial charge in [0.25, 0.3) is 0 Å². The maximum absolute atomic E-state index is 5.06. The SMILES string of the molecule is COCC(C)=CC1CC=CCC1. The molecule has 0 saturated carbocycles. The van der Waals surface area contributed by atoms with Crippen molar-refractivity contribution in [2.45, 2.75) is 26.2 Å². The molecule has 12 heavy (non-hydrogen) atoms. The molecule has 0 aromatic rings. The van der Waals surface area contributed by atoms with Crippen molar-refractivity contribution in [3.05, 3.63) is 23.8 Å². The Morgan fingerprint density at radius 1 is 1.58 bits per heavy atom. The van der Waals surface area contributed by atoms with E-state index in [0.29, 0.717) is 0 Å². The highest BCUT2D eigenvalue weighted by Gasteiger charge is 2.06. The molecular formula is C11H18O. The van der Waals surface area contributed by atoms with Crippen LogP contribution in [0.2, 0.25) is 0 Å². The molecule has 0 amide bonds. The molecule has 1 aliphatic carbocycles. The van der Waals surface area contributed by atoms with Gasteiger partial charge in [0.15, 0.2) is 0 Å². The summed E-state index contributed by atoms with van der Waals surface area (Å²) in [5, 5.41) is 0. The first-order valence-electron chi connectivity index (χ1n) is 4.64. The van der Waals surface area contributed by atoms with Gasteiger partial charge in [-0.2, -0.15) is 0 Å². The van der Waals surface area contributed by atoms with Crippen LogP contribution in [0.15, 0.2) is 23.8 Å². The fraction of sp³-hybridized carbons (Fsp3) is 0.636. The van der Waals surface area contributed by atoms with Crippen LogP contribution in [-0.4, -0.2) is 13.7 Å². The second kappa shape index (κ2) is 5.15. The Bertz CT molecular complexity index is 179. The van der Waals surface area contributed by atoms with Crippen LogP contribution in [0.4, 0.5) is 0 Å². The lowest BCUT2D eigenvalue weighted by Gasteiger charge is -2.14. The Morgan fingerprint density at radius 2 is 2.42 bits per heavy atom. The molecule has 1 atom stereocenters. The molecule has 0 fully saturated rings. The lowest BCUT2D eigenvalue weighted by atomic mass is 9.93. The second-order valence-electron chi connectivity index (χ2n) is 3.49. The van der Waals surface area contributed by atoms with Crippen LogP contribution >= 0.6 is 0 Å². The van der Waals surface area contributed by atoms with Gasteiger partial charge in [0.05, 0.1) is 6.61 Å². The molecule has 1 nitrogen and oxygen atoms in total. The van der Waals surface area contributed by atoms with Crippen molar-refractivity contribution in [2.75, 3.05) is 13.7 Å². The molecule has 1 aliphatic rings. The minimum atomic E-state index is 0.755. The largest absolute Gasteiger partial charge is 0.380 e. The fourth-order valence-corrected chi connectivity index (χ4v) is 1.65. The van der Waals surface area contributed by atoms with Gasteiger partial charge in [-0.15, -0.1) is 0 Å². The number of hydrogen-bond acceptors (Lipinski definition) is 1. The molecule has 1 unspecified atom stereocenters. The van der Waals surface area contributed by atoms with Gasteiger partial charge in [-0.1, -0.05) is 23.8 Å². The van der Waals surface area contributed by atoms with Gasteiger partial charge >= 0.3 is 0 Å². The Labute approximate surface area is 75.1 Å². The minimum absolute atomic E-state index is 0.755. The van der Waals surface area contributed by atoms with Crippen LogP contribution in [0.25, 0.3) is 0 Å². The summed E-state index contributed by atoms with van der Waals surface area (Å²) in [5.74, 6) is 0.755. The predicted molar refractivity (Wildman–Crippen MR) is 52.1 cm³/mol. The first-order valence-corrected chi connectivity index (χ1v) is 4.64. The molecule has 0 radical (unpaired) electrons. The van der Waals surface area contributed by atoms with Crippen LogP contribution in [0.3, 0.4) is 0 Å². The Kier molecular flexibility index (Phi) is 4.09. The highest BCUT2D eigenvalue weighted by atomic mass is 16.5. The molecule has 1 rings (SSSR count). The Hall–Kier alpha value is -0.560. The average Bonchev–Trinajstić information content (AvgIpc) is 2.06. The fourth-order valence-electron chi connectivity index (χ4n) is 1.65. The average molecular weight is 166 g/mol. The first-order chi connectivity index (χ1) is 5.83. The first kappa shape index (κ1) is 9.53. The topological polar surface area (TPSA) is 9.23 Å². The van der Waals surface area contributed by atoms with Gasteiger partial charge < -0.3 is 4.74 Å². The number of hydrogen-bond donors (Lipinski definition) is 0. The minimum Gasteiger partial charge on any atom is -0.380 e. The van der Waals surface area contributed by atoms with Crippen molar-refractivity contribution >= 4 is 0 Å². The number of ether oxygens (including phenoxy) is 1. The van der Waals surface area contributed by atoms with E-state index >= 15 is 0 Å². The molecule has 0 N–H and O–H groups in total. The number of rotatable bonds is 3. The lowest BCUT2D eigenvalue weighted by Crippen LogP contribution is -2.01. The third-order valence-corrected chi connectivity index (χ3v) is 2.20. The number of allylic oxidation sites excluding steroid dienone is 3. The summed E-state index contributed by atoms with van der Waals surface area (Å²) in [6.45, 7) is 2.92. The van der Waals surface area contributed by atoms with Crippen LogP contribution < -0.4 is 0 Å². The monoisotopic (exact) mass is 166 g/mol. The molecule has 0 saturated heterocycles. The molecule has 0 aromatic heterocycles. The normalized spacial score (nSPS) is 24.5. The zero-order chi connectivity index (χ0) is 8.81. The third kappa shape index (κ3) is 3.22. The molecule has 0 spiro atoms. The van der Waals surface area contributed by atoms with Crippen molar-refractivity contribution in [3.63, 3.8) is 0 Å². The van der Waals surface area contributed by atoms with Gasteiger partial charge in [-0.25, -0.2) is 0 Å². The van der Waals surface area contributed by atoms with Crippen molar-refractivity contribution < 1.29 is 4.74 Å². The van der Waals surface area contributed by atoms with Crippen LogP contribution in [0.1, 0.15) is 26.2 Å². The van der Waals surface area contributed by atoms with E-state index < -0.39 is 0 Å². The van der Waals surface area contributed by atoms with E-state index in [2.05, 4.69) is 25.2 Å². The van der Waals surface area contributed by atoms with E-state index in [4.69, 9.17) is 4.74 Å².